The molecule has 9 heteroatoms. The van der Waals surface area contributed by atoms with Crippen molar-refractivity contribution >= 4 is 48.9 Å². The van der Waals surface area contributed by atoms with Crippen molar-refractivity contribution in [1.29, 1.82) is 0 Å². The van der Waals surface area contributed by atoms with Gasteiger partial charge in [-0.2, -0.15) is 11.3 Å². The van der Waals surface area contributed by atoms with Gasteiger partial charge in [-0.05, 0) is 55.6 Å². The molecule has 2 aromatic heterocycles. The number of esters is 1. The topological polar surface area (TPSA) is 73.0 Å². The van der Waals surface area contributed by atoms with Crippen molar-refractivity contribution < 1.29 is 17.9 Å². The molecule has 0 radical (unpaired) electrons. The van der Waals surface area contributed by atoms with Gasteiger partial charge in [0.15, 0.2) is 0 Å². The second kappa shape index (κ2) is 10.2. The van der Waals surface area contributed by atoms with Crippen LogP contribution in [0.1, 0.15) is 11.1 Å². The van der Waals surface area contributed by atoms with E-state index >= 15 is 0 Å². The third-order valence-corrected chi connectivity index (χ3v) is 10.1. The van der Waals surface area contributed by atoms with Crippen LogP contribution >= 0.6 is 11.3 Å². The average molecular weight is 582 g/mol. The number of aromatic nitrogens is 1. The second-order valence-electron chi connectivity index (χ2n) is 10.3. The Bertz CT molecular complexity index is 1960. The maximum atomic E-state index is 14.5. The first-order valence-electron chi connectivity index (χ1n) is 13.1. The Morgan fingerprint density at radius 2 is 1.73 bits per heavy atom. The third-order valence-electron chi connectivity index (χ3n) is 7.56. The number of hydrogen-bond acceptors (Lipinski definition) is 6. The highest BCUT2D eigenvalue weighted by molar-refractivity contribution is 7.90. The Labute approximate surface area is 243 Å². The quantitative estimate of drug-likeness (QED) is 0.159. The first kappa shape index (κ1) is 26.8. The van der Waals surface area contributed by atoms with Crippen LogP contribution in [0.3, 0.4) is 0 Å². The Balaban J connectivity index is 1.64. The number of hydrogen-bond donors (Lipinski definition) is 0. The number of carbonyl (C=O) groups excluding carboxylic acids is 1. The molecule has 0 spiro atoms. The van der Waals surface area contributed by atoms with E-state index < -0.39 is 10.0 Å². The van der Waals surface area contributed by atoms with Crippen LogP contribution in [0.5, 0.6) is 0 Å². The molecule has 1 fully saturated rings. The Morgan fingerprint density at radius 3 is 2.44 bits per heavy atom. The normalized spacial score (nSPS) is 13.7. The number of rotatable bonds is 6. The maximum Gasteiger partial charge on any atom is 0.312 e. The minimum absolute atomic E-state index is 0.184. The van der Waals surface area contributed by atoms with Crippen molar-refractivity contribution in [3.63, 3.8) is 0 Å². The van der Waals surface area contributed by atoms with E-state index in [1.165, 1.54) is 22.4 Å². The molecule has 0 amide bonds. The molecular formula is C32H27N3O4S2. The zero-order valence-corrected chi connectivity index (χ0v) is 24.4. The number of ether oxygens (including phenoxy) is 1. The van der Waals surface area contributed by atoms with E-state index in [1.807, 2.05) is 67.8 Å². The molecule has 1 aliphatic rings. The molecule has 5 aromatic rings. The van der Waals surface area contributed by atoms with Crippen LogP contribution in [0.15, 0.2) is 83.1 Å². The number of benzene rings is 3. The molecule has 0 unspecified atom stereocenters. The summed E-state index contributed by atoms with van der Waals surface area (Å²) in [4.78, 5) is 18.0. The lowest BCUT2D eigenvalue weighted by atomic mass is 9.96. The lowest BCUT2D eigenvalue weighted by molar-refractivity contribution is -0.146. The zero-order chi connectivity index (χ0) is 28.9. The summed E-state index contributed by atoms with van der Waals surface area (Å²) in [6.07, 6.45) is 0. The van der Waals surface area contributed by atoms with Crippen LogP contribution in [0.25, 0.3) is 38.1 Å². The highest BCUT2D eigenvalue weighted by Crippen LogP contribution is 2.48. The summed E-state index contributed by atoms with van der Waals surface area (Å²) in [5.41, 5.74) is 5.98. The van der Waals surface area contributed by atoms with Crippen LogP contribution in [0.4, 0.5) is 10.7 Å². The summed E-state index contributed by atoms with van der Waals surface area (Å²) < 4.78 is 35.2. The Hall–Kier alpha value is -4.39. The number of aryl methyl sites for hydroxylation is 2. The predicted molar refractivity (Wildman–Crippen MR) is 163 cm³/mol. The van der Waals surface area contributed by atoms with Crippen LogP contribution in [0.2, 0.25) is 0 Å². The van der Waals surface area contributed by atoms with Crippen molar-refractivity contribution in [2.75, 3.05) is 25.1 Å². The minimum atomic E-state index is -4.04. The number of methoxy groups -OCH3 is 1. The lowest BCUT2D eigenvalue weighted by Gasteiger charge is -2.39. The zero-order valence-electron chi connectivity index (χ0n) is 22.8. The molecule has 1 saturated heterocycles. The molecule has 1 aliphatic heterocycles. The van der Waals surface area contributed by atoms with Crippen molar-refractivity contribution in [3.8, 4) is 22.4 Å². The molecule has 0 aliphatic carbocycles. The molecule has 3 aromatic carbocycles. The standard InChI is InChI=1S/C32H27N3O4S2/c1-20-8-11-25(12-9-20)41(37,38)35-28-13-10-21(2)16-27(28)29(26-14-15-40-31(26)33-3)30(35)22-6-5-7-24(17-22)34-18-23(19-34)32(36)39-4/h5-17,23H,18-19H2,1-2,4H3. The number of fused-ring (bicyclic) bond motifs is 1. The summed E-state index contributed by atoms with van der Waals surface area (Å²) in [5.74, 6) is -0.425. The number of thiophene rings is 1. The van der Waals surface area contributed by atoms with Crippen LogP contribution in [-0.4, -0.2) is 38.6 Å². The van der Waals surface area contributed by atoms with Gasteiger partial charge < -0.3 is 9.64 Å². The van der Waals surface area contributed by atoms with Gasteiger partial charge in [-0.1, -0.05) is 47.5 Å². The van der Waals surface area contributed by atoms with Gasteiger partial charge in [0.25, 0.3) is 10.0 Å². The van der Waals surface area contributed by atoms with Gasteiger partial charge in [-0.25, -0.2) is 17.2 Å². The van der Waals surface area contributed by atoms with Crippen LogP contribution in [0, 0.1) is 26.3 Å². The highest BCUT2D eigenvalue weighted by atomic mass is 32.2. The molecule has 0 saturated carbocycles. The van der Waals surface area contributed by atoms with E-state index in [2.05, 4.69) is 9.74 Å². The minimum Gasteiger partial charge on any atom is -0.469 e. The summed E-state index contributed by atoms with van der Waals surface area (Å²) in [7, 11) is -2.65. The van der Waals surface area contributed by atoms with Crippen molar-refractivity contribution in [3.05, 3.63) is 101 Å². The van der Waals surface area contributed by atoms with E-state index in [1.54, 1.807) is 24.3 Å². The fraction of sp³-hybridized carbons (Fsp3) is 0.188. The second-order valence-corrected chi connectivity index (χ2v) is 12.9. The summed E-state index contributed by atoms with van der Waals surface area (Å²) in [6, 6.07) is 22.2. The van der Waals surface area contributed by atoms with E-state index in [0.717, 1.165) is 22.2 Å². The van der Waals surface area contributed by atoms with Gasteiger partial charge in [0.1, 0.15) is 0 Å². The molecule has 41 heavy (non-hydrogen) atoms. The number of anilines is 1. The SMILES string of the molecule is [C-]#[N+]c1sccc1-c1c(-c2cccc(N3CC(C(=O)OC)C3)c2)n(S(=O)(=O)c2ccc(C)cc2)c2ccc(C)cc12. The molecule has 7 nitrogen and oxygen atoms in total. The van der Waals surface area contributed by atoms with E-state index in [9.17, 15) is 13.2 Å². The van der Waals surface area contributed by atoms with Gasteiger partial charge in [0.2, 0.25) is 5.00 Å². The fourth-order valence-corrected chi connectivity index (χ4v) is 7.64. The first-order valence-corrected chi connectivity index (χ1v) is 15.4. The monoisotopic (exact) mass is 581 g/mol. The first-order chi connectivity index (χ1) is 19.7. The van der Waals surface area contributed by atoms with Gasteiger partial charge in [-0.15, -0.1) is 0 Å². The fourth-order valence-electron chi connectivity index (χ4n) is 5.41. The lowest BCUT2D eigenvalue weighted by Crippen LogP contribution is -2.50. The molecule has 206 valence electrons. The molecule has 6 rings (SSSR count). The van der Waals surface area contributed by atoms with Crippen molar-refractivity contribution in [2.24, 2.45) is 5.92 Å². The van der Waals surface area contributed by atoms with E-state index in [0.29, 0.717) is 46.0 Å². The summed E-state index contributed by atoms with van der Waals surface area (Å²) >= 11 is 1.34. The molecule has 0 atom stereocenters. The Morgan fingerprint density at radius 1 is 1.00 bits per heavy atom. The summed E-state index contributed by atoms with van der Waals surface area (Å²) in [6.45, 7) is 12.8. The largest absolute Gasteiger partial charge is 0.469 e. The van der Waals surface area contributed by atoms with Gasteiger partial charge in [-0.3, -0.25) is 4.79 Å². The number of carbonyl (C=O) groups is 1. The highest BCUT2D eigenvalue weighted by Gasteiger charge is 2.34. The Kier molecular flexibility index (Phi) is 6.68. The van der Waals surface area contributed by atoms with Crippen LogP contribution < -0.4 is 4.90 Å². The van der Waals surface area contributed by atoms with Crippen molar-refractivity contribution in [2.45, 2.75) is 18.7 Å². The van der Waals surface area contributed by atoms with Crippen molar-refractivity contribution in [1.82, 2.24) is 3.97 Å². The van der Waals surface area contributed by atoms with Gasteiger partial charge in [0.05, 0.1) is 35.7 Å². The van der Waals surface area contributed by atoms with Gasteiger partial charge >= 0.3 is 5.97 Å². The molecule has 0 bridgehead atoms. The predicted octanol–water partition coefficient (Wildman–Crippen LogP) is 7.05. The third kappa shape index (κ3) is 4.49. The van der Waals surface area contributed by atoms with Gasteiger partial charge in [0, 0.05) is 40.9 Å². The van der Waals surface area contributed by atoms with E-state index in [-0.39, 0.29) is 16.8 Å². The molecular weight excluding hydrogens is 555 g/mol. The molecule has 3 heterocycles. The van der Waals surface area contributed by atoms with E-state index in [4.69, 9.17) is 11.3 Å². The summed E-state index contributed by atoms with van der Waals surface area (Å²) in [5, 5.41) is 3.13. The maximum absolute atomic E-state index is 14.5. The van der Waals surface area contributed by atoms with Crippen LogP contribution in [-0.2, 0) is 19.6 Å². The smallest absolute Gasteiger partial charge is 0.312 e. The molecule has 0 N–H and O–H groups in total. The average Bonchev–Trinajstić information content (AvgIpc) is 3.54. The number of nitrogens with zero attached hydrogens (tertiary/aromatic N) is 3.